The molecule has 3 rings (SSSR count). The first-order valence-corrected chi connectivity index (χ1v) is 7.72. The van der Waals surface area contributed by atoms with Crippen LogP contribution in [-0.2, 0) is 0 Å². The maximum absolute atomic E-state index is 9.84. The van der Waals surface area contributed by atoms with Gasteiger partial charge in [0.05, 0.1) is 17.7 Å². The second-order valence-corrected chi connectivity index (χ2v) is 6.51. The van der Waals surface area contributed by atoms with Crippen molar-refractivity contribution in [3.8, 4) is 0 Å². The van der Waals surface area contributed by atoms with Gasteiger partial charge >= 0.3 is 0 Å². The molecule has 2 atom stereocenters. The molecular formula is C17H24N2O. The third kappa shape index (κ3) is 2.47. The van der Waals surface area contributed by atoms with Gasteiger partial charge in [-0.3, -0.25) is 4.68 Å². The largest absolute Gasteiger partial charge is 0.393 e. The smallest absolute Gasteiger partial charge is 0.0926 e. The van der Waals surface area contributed by atoms with Crippen LogP contribution in [0.25, 0.3) is 10.9 Å². The predicted octanol–water partition coefficient (Wildman–Crippen LogP) is 3.94. The summed E-state index contributed by atoms with van der Waals surface area (Å²) in [5.74, 6) is 0.541. The Morgan fingerprint density at radius 2 is 2.10 bits per heavy atom. The number of rotatable bonds is 2. The maximum atomic E-state index is 9.84. The first-order chi connectivity index (χ1) is 9.54. The highest BCUT2D eigenvalue weighted by Crippen LogP contribution is 2.30. The number of aryl methyl sites for hydroxylation is 1. The summed E-state index contributed by atoms with van der Waals surface area (Å²) in [5.41, 5.74) is 3.80. The van der Waals surface area contributed by atoms with Gasteiger partial charge in [0.15, 0.2) is 0 Å². The predicted molar refractivity (Wildman–Crippen MR) is 82.1 cm³/mol. The van der Waals surface area contributed by atoms with Gasteiger partial charge in [0.1, 0.15) is 0 Å². The van der Waals surface area contributed by atoms with E-state index in [0.29, 0.717) is 12.0 Å². The molecule has 0 aliphatic heterocycles. The number of benzene rings is 1. The van der Waals surface area contributed by atoms with E-state index in [1.807, 2.05) is 0 Å². The lowest BCUT2D eigenvalue weighted by molar-refractivity contribution is 0.100. The zero-order valence-corrected chi connectivity index (χ0v) is 12.6. The molecule has 1 aromatic carbocycles. The summed E-state index contributed by atoms with van der Waals surface area (Å²) >= 11 is 0. The minimum absolute atomic E-state index is 0.158. The molecule has 1 aliphatic carbocycles. The van der Waals surface area contributed by atoms with E-state index in [9.17, 15) is 5.11 Å². The molecule has 3 heteroatoms. The standard InChI is InChI=1S/C17H24N2O/c1-11(2)16-8-13-10-19(18-17(13)7-12(16)3)14-5-4-6-15(20)9-14/h7-8,10-11,14-15,20H,4-6,9H2,1-3H3/t14-,15-/m1/s1. The molecule has 0 spiro atoms. The molecule has 3 nitrogen and oxygen atoms in total. The summed E-state index contributed by atoms with van der Waals surface area (Å²) in [6, 6.07) is 4.83. The van der Waals surface area contributed by atoms with Crippen molar-refractivity contribution in [1.82, 2.24) is 9.78 Å². The summed E-state index contributed by atoms with van der Waals surface area (Å²) in [6.45, 7) is 6.63. The highest BCUT2D eigenvalue weighted by Gasteiger charge is 2.22. The Kier molecular flexibility index (Phi) is 3.55. The molecule has 1 heterocycles. The fourth-order valence-corrected chi connectivity index (χ4v) is 3.40. The van der Waals surface area contributed by atoms with Crippen LogP contribution in [0.3, 0.4) is 0 Å². The van der Waals surface area contributed by atoms with Crippen LogP contribution in [0.1, 0.15) is 62.6 Å². The summed E-state index contributed by atoms with van der Waals surface area (Å²) < 4.78 is 2.08. The van der Waals surface area contributed by atoms with E-state index in [0.717, 1.165) is 31.2 Å². The van der Waals surface area contributed by atoms with E-state index in [2.05, 4.69) is 43.8 Å². The van der Waals surface area contributed by atoms with Gasteiger partial charge in [0, 0.05) is 11.6 Å². The first kappa shape index (κ1) is 13.6. The van der Waals surface area contributed by atoms with Crippen LogP contribution in [-0.4, -0.2) is 21.0 Å². The summed E-state index contributed by atoms with van der Waals surface area (Å²) in [7, 11) is 0. The van der Waals surface area contributed by atoms with Crippen molar-refractivity contribution in [3.63, 3.8) is 0 Å². The normalized spacial score (nSPS) is 23.6. The lowest BCUT2D eigenvalue weighted by Gasteiger charge is -2.25. The highest BCUT2D eigenvalue weighted by atomic mass is 16.3. The second kappa shape index (κ2) is 5.21. The second-order valence-electron chi connectivity index (χ2n) is 6.51. The number of aromatic nitrogens is 2. The van der Waals surface area contributed by atoms with E-state index in [1.165, 1.54) is 16.5 Å². The molecule has 2 aromatic rings. The molecule has 0 saturated heterocycles. The molecule has 1 aliphatic rings. The number of aliphatic hydroxyl groups excluding tert-OH is 1. The van der Waals surface area contributed by atoms with Crippen molar-refractivity contribution in [2.45, 2.75) is 64.5 Å². The molecule has 1 fully saturated rings. The van der Waals surface area contributed by atoms with Crippen molar-refractivity contribution in [2.75, 3.05) is 0 Å². The number of nitrogens with zero attached hydrogens (tertiary/aromatic N) is 2. The Labute approximate surface area is 120 Å². The third-order valence-corrected chi connectivity index (χ3v) is 4.52. The monoisotopic (exact) mass is 272 g/mol. The average molecular weight is 272 g/mol. The Balaban J connectivity index is 1.98. The quantitative estimate of drug-likeness (QED) is 0.899. The van der Waals surface area contributed by atoms with E-state index >= 15 is 0 Å². The van der Waals surface area contributed by atoms with Gasteiger partial charge in [-0.2, -0.15) is 5.10 Å². The molecule has 0 unspecified atom stereocenters. The van der Waals surface area contributed by atoms with Gasteiger partial charge in [-0.05, 0) is 61.8 Å². The van der Waals surface area contributed by atoms with E-state index in [4.69, 9.17) is 5.10 Å². The summed E-state index contributed by atoms with van der Waals surface area (Å²) in [6.07, 6.45) is 6.00. The third-order valence-electron chi connectivity index (χ3n) is 4.52. The Hall–Kier alpha value is -1.35. The lowest BCUT2D eigenvalue weighted by Crippen LogP contribution is -2.22. The Bertz CT molecular complexity index is 615. The van der Waals surface area contributed by atoms with Crippen LogP contribution in [0, 0.1) is 6.92 Å². The molecule has 0 radical (unpaired) electrons. The lowest BCUT2D eigenvalue weighted by atomic mass is 9.93. The Morgan fingerprint density at radius 1 is 1.30 bits per heavy atom. The average Bonchev–Trinajstić information content (AvgIpc) is 2.80. The minimum atomic E-state index is -0.158. The highest BCUT2D eigenvalue weighted by molar-refractivity contribution is 5.80. The van der Waals surface area contributed by atoms with Gasteiger partial charge in [0.2, 0.25) is 0 Å². The van der Waals surface area contributed by atoms with Crippen LogP contribution in [0.15, 0.2) is 18.3 Å². The topological polar surface area (TPSA) is 38.0 Å². The van der Waals surface area contributed by atoms with Gasteiger partial charge in [-0.15, -0.1) is 0 Å². The van der Waals surface area contributed by atoms with Crippen LogP contribution in [0.4, 0.5) is 0 Å². The van der Waals surface area contributed by atoms with Crippen molar-refractivity contribution in [1.29, 1.82) is 0 Å². The van der Waals surface area contributed by atoms with Crippen molar-refractivity contribution in [3.05, 3.63) is 29.5 Å². The molecule has 108 valence electrons. The molecule has 0 amide bonds. The van der Waals surface area contributed by atoms with Gasteiger partial charge < -0.3 is 5.11 Å². The summed E-state index contributed by atoms with van der Waals surface area (Å²) in [5, 5.41) is 15.8. The number of hydrogen-bond acceptors (Lipinski definition) is 2. The fourth-order valence-electron chi connectivity index (χ4n) is 3.40. The van der Waals surface area contributed by atoms with E-state index in [1.54, 1.807) is 0 Å². The van der Waals surface area contributed by atoms with Gasteiger partial charge in [-0.1, -0.05) is 13.8 Å². The van der Waals surface area contributed by atoms with Crippen LogP contribution in [0.2, 0.25) is 0 Å². The van der Waals surface area contributed by atoms with Crippen molar-refractivity contribution in [2.24, 2.45) is 0 Å². The van der Waals surface area contributed by atoms with Crippen molar-refractivity contribution >= 4 is 10.9 Å². The number of fused-ring (bicyclic) bond motifs is 1. The molecular weight excluding hydrogens is 248 g/mol. The maximum Gasteiger partial charge on any atom is 0.0926 e. The molecule has 1 aromatic heterocycles. The van der Waals surface area contributed by atoms with E-state index < -0.39 is 0 Å². The molecule has 0 bridgehead atoms. The van der Waals surface area contributed by atoms with Gasteiger partial charge in [-0.25, -0.2) is 0 Å². The number of aliphatic hydroxyl groups is 1. The molecule has 20 heavy (non-hydrogen) atoms. The fraction of sp³-hybridized carbons (Fsp3) is 0.588. The van der Waals surface area contributed by atoms with Crippen molar-refractivity contribution < 1.29 is 5.11 Å². The van der Waals surface area contributed by atoms with Gasteiger partial charge in [0.25, 0.3) is 0 Å². The van der Waals surface area contributed by atoms with Crippen LogP contribution < -0.4 is 0 Å². The van der Waals surface area contributed by atoms with Crippen LogP contribution in [0.5, 0.6) is 0 Å². The number of hydrogen-bond donors (Lipinski definition) is 1. The van der Waals surface area contributed by atoms with E-state index in [-0.39, 0.29) is 6.10 Å². The zero-order chi connectivity index (χ0) is 14.3. The minimum Gasteiger partial charge on any atom is -0.393 e. The SMILES string of the molecule is Cc1cc2nn([C@@H]3CCC[C@@H](O)C3)cc2cc1C(C)C. The Morgan fingerprint density at radius 3 is 2.80 bits per heavy atom. The first-order valence-electron chi connectivity index (χ1n) is 7.72. The zero-order valence-electron chi connectivity index (χ0n) is 12.6. The molecule has 1 saturated carbocycles. The molecule has 1 N–H and O–H groups in total. The summed E-state index contributed by atoms with van der Waals surface area (Å²) in [4.78, 5) is 0. The van der Waals surface area contributed by atoms with Crippen LogP contribution >= 0.6 is 0 Å².